The zero-order chi connectivity index (χ0) is 13.7. The maximum Gasteiger partial charge on any atom is 0.323 e. The van der Waals surface area contributed by atoms with Gasteiger partial charge in [0.15, 0.2) is 0 Å². The molecule has 0 radical (unpaired) electrons. The third kappa shape index (κ3) is 3.93. The molecule has 2 fully saturated rings. The average Bonchev–Trinajstić information content (AvgIpc) is 2.40. The number of likely N-dealkylation sites (tertiary alicyclic amines) is 1. The highest BCUT2D eigenvalue weighted by molar-refractivity contribution is 5.75. The van der Waals surface area contributed by atoms with Crippen molar-refractivity contribution in [2.24, 2.45) is 0 Å². The van der Waals surface area contributed by atoms with Crippen LogP contribution in [0.15, 0.2) is 0 Å². The van der Waals surface area contributed by atoms with Crippen LogP contribution >= 0.6 is 0 Å². The smallest absolute Gasteiger partial charge is 0.323 e. The van der Waals surface area contributed by atoms with Crippen LogP contribution in [0.5, 0.6) is 0 Å². The Hall–Kier alpha value is -0.610. The lowest BCUT2D eigenvalue weighted by Crippen LogP contribution is -2.53. The highest BCUT2D eigenvalue weighted by Gasteiger charge is 2.37. The van der Waals surface area contributed by atoms with Gasteiger partial charge in [-0.05, 0) is 39.2 Å². The summed E-state index contributed by atoms with van der Waals surface area (Å²) in [5.41, 5.74) is -0.583. The summed E-state index contributed by atoms with van der Waals surface area (Å²) in [6.07, 6.45) is 8.25. The van der Waals surface area contributed by atoms with Gasteiger partial charge in [-0.15, -0.1) is 0 Å². The van der Waals surface area contributed by atoms with E-state index in [2.05, 4.69) is 4.90 Å². The van der Waals surface area contributed by atoms with E-state index in [0.29, 0.717) is 13.2 Å². The zero-order valence-corrected chi connectivity index (χ0v) is 12.1. The van der Waals surface area contributed by atoms with Gasteiger partial charge in [0.1, 0.15) is 6.04 Å². The first kappa shape index (κ1) is 14.8. The summed E-state index contributed by atoms with van der Waals surface area (Å²) in [4.78, 5) is 14.2. The largest absolute Gasteiger partial charge is 0.465 e. The fourth-order valence-electron chi connectivity index (χ4n) is 3.43. The lowest BCUT2D eigenvalue weighted by molar-refractivity contribution is -0.153. The standard InChI is InChI=1S/C15H27NO3/c1-2-19-14(17)13-8-4-7-11-16(13)12-15(18)9-5-3-6-10-15/h13,18H,2-12H2,1H3. The number of ether oxygens (including phenoxy) is 1. The topological polar surface area (TPSA) is 49.8 Å². The molecule has 4 heteroatoms. The maximum atomic E-state index is 12.0. The Kier molecular flexibility index (Phi) is 5.22. The van der Waals surface area contributed by atoms with Crippen LogP contribution in [0.3, 0.4) is 0 Å². The van der Waals surface area contributed by atoms with Crippen molar-refractivity contribution < 1.29 is 14.6 Å². The van der Waals surface area contributed by atoms with Crippen molar-refractivity contribution in [2.75, 3.05) is 19.7 Å². The van der Waals surface area contributed by atoms with Crippen LogP contribution in [-0.4, -0.2) is 47.3 Å². The molecule has 0 spiro atoms. The predicted molar refractivity (Wildman–Crippen MR) is 73.9 cm³/mol. The van der Waals surface area contributed by atoms with E-state index < -0.39 is 5.60 Å². The van der Waals surface area contributed by atoms with Crippen molar-refractivity contribution in [3.05, 3.63) is 0 Å². The quantitative estimate of drug-likeness (QED) is 0.794. The van der Waals surface area contributed by atoms with Crippen molar-refractivity contribution in [1.29, 1.82) is 0 Å². The lowest BCUT2D eigenvalue weighted by atomic mass is 9.83. The highest BCUT2D eigenvalue weighted by atomic mass is 16.5. The van der Waals surface area contributed by atoms with E-state index in [0.717, 1.165) is 51.5 Å². The number of β-amino-alcohol motifs (C(OH)–C–C–N with tert-alkyl or cyclic N) is 1. The number of hydrogen-bond acceptors (Lipinski definition) is 4. The van der Waals surface area contributed by atoms with Gasteiger partial charge in [-0.2, -0.15) is 0 Å². The summed E-state index contributed by atoms with van der Waals surface area (Å²) < 4.78 is 5.17. The minimum Gasteiger partial charge on any atom is -0.465 e. The Labute approximate surface area is 116 Å². The monoisotopic (exact) mass is 269 g/mol. The van der Waals surface area contributed by atoms with Gasteiger partial charge in [0.25, 0.3) is 0 Å². The number of rotatable bonds is 4. The lowest BCUT2D eigenvalue weighted by Gasteiger charge is -2.41. The third-order valence-electron chi connectivity index (χ3n) is 4.45. The van der Waals surface area contributed by atoms with E-state index in [1.807, 2.05) is 6.92 Å². The van der Waals surface area contributed by atoms with E-state index in [9.17, 15) is 9.90 Å². The molecule has 1 aliphatic carbocycles. The second-order valence-electron chi connectivity index (χ2n) is 6.02. The molecule has 0 aromatic carbocycles. The number of carbonyl (C=O) groups is 1. The molecular weight excluding hydrogens is 242 g/mol. The Morgan fingerprint density at radius 1 is 1.26 bits per heavy atom. The number of aliphatic hydroxyl groups is 1. The van der Waals surface area contributed by atoms with Gasteiger partial charge in [0.05, 0.1) is 12.2 Å². The number of carbonyl (C=O) groups excluding carboxylic acids is 1. The molecule has 1 aliphatic heterocycles. The molecule has 0 aromatic rings. The Morgan fingerprint density at radius 2 is 2.00 bits per heavy atom. The minimum atomic E-state index is -0.583. The van der Waals surface area contributed by atoms with Crippen LogP contribution in [0.25, 0.3) is 0 Å². The Balaban J connectivity index is 1.96. The van der Waals surface area contributed by atoms with E-state index in [-0.39, 0.29) is 12.0 Å². The zero-order valence-electron chi connectivity index (χ0n) is 12.1. The van der Waals surface area contributed by atoms with Crippen LogP contribution in [0.1, 0.15) is 58.3 Å². The molecule has 1 N–H and O–H groups in total. The summed E-state index contributed by atoms with van der Waals surface area (Å²) in [5.74, 6) is -0.110. The molecule has 0 bridgehead atoms. The van der Waals surface area contributed by atoms with Gasteiger partial charge in [0, 0.05) is 6.54 Å². The summed E-state index contributed by atoms with van der Waals surface area (Å²) in [5, 5.41) is 10.7. The van der Waals surface area contributed by atoms with E-state index in [1.165, 1.54) is 6.42 Å². The van der Waals surface area contributed by atoms with Gasteiger partial charge >= 0.3 is 5.97 Å². The molecule has 0 amide bonds. The molecule has 2 rings (SSSR count). The summed E-state index contributed by atoms with van der Waals surface area (Å²) in [6, 6.07) is -0.139. The molecule has 110 valence electrons. The number of esters is 1. The molecule has 1 saturated heterocycles. The summed E-state index contributed by atoms with van der Waals surface area (Å²) in [7, 11) is 0. The Bertz CT molecular complexity index is 300. The molecule has 4 nitrogen and oxygen atoms in total. The number of hydrogen-bond donors (Lipinski definition) is 1. The number of piperidine rings is 1. The molecule has 1 unspecified atom stereocenters. The van der Waals surface area contributed by atoms with Crippen LogP contribution in [0.2, 0.25) is 0 Å². The maximum absolute atomic E-state index is 12.0. The van der Waals surface area contributed by atoms with Gasteiger partial charge < -0.3 is 9.84 Å². The Morgan fingerprint density at radius 3 is 2.68 bits per heavy atom. The van der Waals surface area contributed by atoms with Crippen molar-refractivity contribution in [2.45, 2.75) is 69.9 Å². The van der Waals surface area contributed by atoms with Gasteiger partial charge in [0.2, 0.25) is 0 Å². The molecule has 1 heterocycles. The first-order valence-electron chi connectivity index (χ1n) is 7.78. The molecule has 1 atom stereocenters. The van der Waals surface area contributed by atoms with Crippen LogP contribution < -0.4 is 0 Å². The van der Waals surface area contributed by atoms with Gasteiger partial charge in [-0.25, -0.2) is 0 Å². The second kappa shape index (κ2) is 6.71. The van der Waals surface area contributed by atoms with Crippen molar-refractivity contribution in [1.82, 2.24) is 4.90 Å². The van der Waals surface area contributed by atoms with E-state index in [1.54, 1.807) is 0 Å². The van der Waals surface area contributed by atoms with Crippen LogP contribution in [0.4, 0.5) is 0 Å². The molecule has 2 aliphatic rings. The minimum absolute atomic E-state index is 0.110. The SMILES string of the molecule is CCOC(=O)C1CCCCN1CC1(O)CCCCC1. The van der Waals surface area contributed by atoms with Crippen LogP contribution in [-0.2, 0) is 9.53 Å². The molecule has 0 aromatic heterocycles. The van der Waals surface area contributed by atoms with Gasteiger partial charge in [-0.1, -0.05) is 25.7 Å². The van der Waals surface area contributed by atoms with Crippen molar-refractivity contribution in [3.63, 3.8) is 0 Å². The van der Waals surface area contributed by atoms with E-state index in [4.69, 9.17) is 4.74 Å². The third-order valence-corrected chi connectivity index (χ3v) is 4.45. The summed E-state index contributed by atoms with van der Waals surface area (Å²) in [6.45, 7) is 3.83. The van der Waals surface area contributed by atoms with Crippen LogP contribution in [0, 0.1) is 0 Å². The number of nitrogens with zero attached hydrogens (tertiary/aromatic N) is 1. The molecular formula is C15H27NO3. The highest BCUT2D eigenvalue weighted by Crippen LogP contribution is 2.31. The summed E-state index contributed by atoms with van der Waals surface area (Å²) >= 11 is 0. The fourth-order valence-corrected chi connectivity index (χ4v) is 3.43. The molecule has 19 heavy (non-hydrogen) atoms. The van der Waals surface area contributed by atoms with Crippen molar-refractivity contribution in [3.8, 4) is 0 Å². The van der Waals surface area contributed by atoms with Gasteiger partial charge in [-0.3, -0.25) is 9.69 Å². The fraction of sp³-hybridized carbons (Fsp3) is 0.933. The predicted octanol–water partition coefficient (Wildman–Crippen LogP) is 2.10. The second-order valence-corrected chi connectivity index (χ2v) is 6.02. The first-order valence-corrected chi connectivity index (χ1v) is 7.78. The van der Waals surface area contributed by atoms with E-state index >= 15 is 0 Å². The molecule has 1 saturated carbocycles. The average molecular weight is 269 g/mol. The normalized spacial score (nSPS) is 28.0. The van der Waals surface area contributed by atoms with Crippen molar-refractivity contribution >= 4 is 5.97 Å². The first-order chi connectivity index (χ1) is 9.14.